The SMILES string of the molecule is Cc1sc2nc(CSC(C)C(=O)NCC(c3ccc(F)cc3)N(C)C)[nH]c(=O)c2c1C. The number of thioether (sulfide) groups is 1. The Morgan fingerprint density at radius 2 is 1.97 bits per heavy atom. The summed E-state index contributed by atoms with van der Waals surface area (Å²) in [7, 11) is 3.84. The van der Waals surface area contributed by atoms with Crippen LogP contribution in [0.3, 0.4) is 0 Å². The van der Waals surface area contributed by atoms with Crippen molar-refractivity contribution in [2.75, 3.05) is 20.6 Å². The first-order valence-electron chi connectivity index (χ1n) is 9.97. The number of nitrogens with zero attached hydrogens (tertiary/aromatic N) is 2. The van der Waals surface area contributed by atoms with Gasteiger partial charge in [0.2, 0.25) is 5.91 Å². The van der Waals surface area contributed by atoms with Crippen molar-refractivity contribution in [3.63, 3.8) is 0 Å². The third-order valence-corrected chi connectivity index (χ3v) is 7.53. The lowest BCUT2D eigenvalue weighted by atomic mass is 10.1. The number of carbonyl (C=O) groups is 1. The Balaban J connectivity index is 1.59. The maximum atomic E-state index is 13.2. The van der Waals surface area contributed by atoms with Crippen molar-refractivity contribution in [3.8, 4) is 0 Å². The lowest BCUT2D eigenvalue weighted by Gasteiger charge is -2.25. The second-order valence-corrected chi connectivity index (χ2v) is 10.2. The van der Waals surface area contributed by atoms with Gasteiger partial charge in [0, 0.05) is 11.4 Å². The number of aromatic nitrogens is 2. The Hall–Kier alpha value is -2.23. The van der Waals surface area contributed by atoms with E-state index in [1.807, 2.05) is 39.8 Å². The normalized spacial score (nSPS) is 13.5. The molecule has 2 heterocycles. The van der Waals surface area contributed by atoms with Crippen LogP contribution in [-0.4, -0.2) is 46.7 Å². The average molecular weight is 463 g/mol. The molecule has 0 aliphatic carbocycles. The van der Waals surface area contributed by atoms with Gasteiger partial charge in [0.1, 0.15) is 16.5 Å². The molecule has 0 aliphatic rings. The quantitative estimate of drug-likeness (QED) is 0.533. The second kappa shape index (κ2) is 9.93. The van der Waals surface area contributed by atoms with Crippen molar-refractivity contribution < 1.29 is 9.18 Å². The van der Waals surface area contributed by atoms with Crippen LogP contribution in [0.15, 0.2) is 29.1 Å². The zero-order valence-corrected chi connectivity index (χ0v) is 19.9. The minimum Gasteiger partial charge on any atom is -0.353 e. The molecule has 0 aliphatic heterocycles. The molecule has 9 heteroatoms. The van der Waals surface area contributed by atoms with E-state index in [1.54, 1.807) is 12.1 Å². The summed E-state index contributed by atoms with van der Waals surface area (Å²) in [6.07, 6.45) is 0. The molecule has 1 aromatic carbocycles. The molecule has 0 radical (unpaired) electrons. The van der Waals surface area contributed by atoms with E-state index in [1.165, 1.54) is 35.2 Å². The number of benzene rings is 1. The molecule has 3 aromatic rings. The van der Waals surface area contributed by atoms with E-state index >= 15 is 0 Å². The Kier molecular flexibility index (Phi) is 7.51. The van der Waals surface area contributed by atoms with Crippen molar-refractivity contribution in [1.29, 1.82) is 0 Å². The fourth-order valence-corrected chi connectivity index (χ4v) is 5.10. The number of rotatable bonds is 8. The molecule has 1 amide bonds. The third kappa shape index (κ3) is 5.53. The minimum atomic E-state index is -0.316. The highest BCUT2D eigenvalue weighted by Crippen LogP contribution is 2.26. The van der Waals surface area contributed by atoms with Gasteiger partial charge in [-0.15, -0.1) is 23.1 Å². The average Bonchev–Trinajstić information content (AvgIpc) is 3.01. The van der Waals surface area contributed by atoms with Crippen LogP contribution < -0.4 is 10.9 Å². The van der Waals surface area contributed by atoms with Gasteiger partial charge in [-0.2, -0.15) is 0 Å². The number of hydrogen-bond acceptors (Lipinski definition) is 6. The van der Waals surface area contributed by atoms with Crippen molar-refractivity contribution in [1.82, 2.24) is 20.2 Å². The summed E-state index contributed by atoms with van der Waals surface area (Å²) in [5.74, 6) is 0.629. The molecule has 0 saturated carbocycles. The summed E-state index contributed by atoms with van der Waals surface area (Å²) in [6.45, 7) is 6.16. The van der Waals surface area contributed by atoms with Gasteiger partial charge in [-0.05, 0) is 58.1 Å². The number of H-pyrrole nitrogens is 1. The highest BCUT2D eigenvalue weighted by molar-refractivity contribution is 7.99. The topological polar surface area (TPSA) is 78.1 Å². The molecular weight excluding hydrogens is 435 g/mol. The van der Waals surface area contributed by atoms with E-state index in [4.69, 9.17) is 0 Å². The first kappa shape index (κ1) is 23.4. The lowest BCUT2D eigenvalue weighted by Crippen LogP contribution is -2.38. The van der Waals surface area contributed by atoms with Gasteiger partial charge in [0.25, 0.3) is 5.56 Å². The van der Waals surface area contributed by atoms with Gasteiger partial charge in [-0.1, -0.05) is 12.1 Å². The highest BCUT2D eigenvalue weighted by atomic mass is 32.2. The summed E-state index contributed by atoms with van der Waals surface area (Å²) in [5.41, 5.74) is 1.77. The molecule has 0 spiro atoms. The highest BCUT2D eigenvalue weighted by Gasteiger charge is 2.19. The Bertz CT molecular complexity index is 1120. The maximum Gasteiger partial charge on any atom is 0.259 e. The molecule has 2 aromatic heterocycles. The maximum absolute atomic E-state index is 13.2. The predicted molar refractivity (Wildman–Crippen MR) is 126 cm³/mol. The number of fused-ring (bicyclic) bond motifs is 1. The first-order valence-corrected chi connectivity index (χ1v) is 11.8. The Morgan fingerprint density at radius 3 is 2.61 bits per heavy atom. The van der Waals surface area contributed by atoms with E-state index in [9.17, 15) is 14.0 Å². The molecule has 0 fully saturated rings. The van der Waals surface area contributed by atoms with Gasteiger partial charge in [0.05, 0.1) is 22.4 Å². The second-order valence-electron chi connectivity index (χ2n) is 7.71. The summed E-state index contributed by atoms with van der Waals surface area (Å²) >= 11 is 2.93. The van der Waals surface area contributed by atoms with Gasteiger partial charge in [-0.3, -0.25) is 9.59 Å². The minimum absolute atomic E-state index is 0.0625. The molecule has 0 bridgehead atoms. The smallest absolute Gasteiger partial charge is 0.259 e. The molecule has 3 rings (SSSR count). The molecular formula is C22H27FN4O2S2. The van der Waals surface area contributed by atoms with Crippen molar-refractivity contribution in [3.05, 3.63) is 62.3 Å². The van der Waals surface area contributed by atoms with Gasteiger partial charge in [0.15, 0.2) is 0 Å². The molecule has 31 heavy (non-hydrogen) atoms. The standard InChI is InChI=1S/C22H27FN4O2S2/c1-12-13(2)31-22-19(12)21(29)25-18(26-22)11-30-14(3)20(28)24-10-17(27(4)5)15-6-8-16(23)9-7-15/h6-9,14,17H,10-11H2,1-5H3,(H,24,28)(H,25,26,29). The number of carbonyl (C=O) groups excluding carboxylic acids is 1. The number of thiophene rings is 1. The van der Waals surface area contributed by atoms with Crippen LogP contribution in [-0.2, 0) is 10.5 Å². The molecule has 2 unspecified atom stereocenters. The molecule has 166 valence electrons. The van der Waals surface area contributed by atoms with E-state index < -0.39 is 0 Å². The van der Waals surface area contributed by atoms with Crippen LogP contribution >= 0.6 is 23.1 Å². The number of amides is 1. The van der Waals surface area contributed by atoms with E-state index in [-0.39, 0.29) is 28.6 Å². The van der Waals surface area contributed by atoms with Crippen LogP contribution in [0.25, 0.3) is 10.2 Å². The summed E-state index contributed by atoms with van der Waals surface area (Å²) < 4.78 is 13.2. The monoisotopic (exact) mass is 462 g/mol. The van der Waals surface area contributed by atoms with Gasteiger partial charge in [-0.25, -0.2) is 9.37 Å². The molecule has 2 N–H and O–H groups in total. The van der Waals surface area contributed by atoms with E-state index in [0.29, 0.717) is 23.5 Å². The van der Waals surface area contributed by atoms with Crippen molar-refractivity contribution in [2.45, 2.75) is 37.8 Å². The van der Waals surface area contributed by atoms with Crippen LogP contribution in [0, 0.1) is 19.7 Å². The zero-order valence-electron chi connectivity index (χ0n) is 18.3. The molecule has 6 nitrogen and oxygen atoms in total. The largest absolute Gasteiger partial charge is 0.353 e. The predicted octanol–water partition coefficient (Wildman–Crippen LogP) is 3.78. The Morgan fingerprint density at radius 1 is 1.29 bits per heavy atom. The van der Waals surface area contributed by atoms with E-state index in [0.717, 1.165) is 20.8 Å². The number of aryl methyl sites for hydroxylation is 2. The number of nitrogens with one attached hydrogen (secondary N) is 2. The number of aromatic amines is 1. The Labute approximate surface area is 189 Å². The zero-order chi connectivity index (χ0) is 22.7. The van der Waals surface area contributed by atoms with Crippen LogP contribution in [0.5, 0.6) is 0 Å². The first-order chi connectivity index (χ1) is 14.7. The summed E-state index contributed by atoms with van der Waals surface area (Å²) in [6, 6.07) is 6.25. The summed E-state index contributed by atoms with van der Waals surface area (Å²) in [5, 5.41) is 3.31. The van der Waals surface area contributed by atoms with Crippen LogP contribution in [0.4, 0.5) is 4.39 Å². The number of likely N-dealkylation sites (N-methyl/N-ethyl adjacent to an activating group) is 1. The lowest BCUT2D eigenvalue weighted by molar-refractivity contribution is -0.120. The van der Waals surface area contributed by atoms with Crippen LogP contribution in [0.1, 0.15) is 34.8 Å². The summed E-state index contributed by atoms with van der Waals surface area (Å²) in [4.78, 5) is 36.2. The fourth-order valence-electron chi connectivity index (χ4n) is 3.27. The van der Waals surface area contributed by atoms with Crippen molar-refractivity contribution in [2.24, 2.45) is 0 Å². The fraction of sp³-hybridized carbons (Fsp3) is 0.409. The number of hydrogen-bond donors (Lipinski definition) is 2. The van der Waals surface area contributed by atoms with Crippen molar-refractivity contribution >= 4 is 39.2 Å². The van der Waals surface area contributed by atoms with Crippen LogP contribution in [0.2, 0.25) is 0 Å². The van der Waals surface area contributed by atoms with E-state index in [2.05, 4.69) is 15.3 Å². The molecule has 2 atom stereocenters. The molecule has 0 saturated heterocycles. The third-order valence-electron chi connectivity index (χ3n) is 5.28. The van der Waals surface area contributed by atoms with Gasteiger partial charge >= 0.3 is 0 Å². The number of halogens is 1. The van der Waals surface area contributed by atoms with Gasteiger partial charge < -0.3 is 15.2 Å².